The molecule has 0 heterocycles. The maximum absolute atomic E-state index is 13.1. The first-order chi connectivity index (χ1) is 18.0. The van der Waals surface area contributed by atoms with Gasteiger partial charge in [-0.05, 0) is 53.8 Å². The molecular formula is C26H21Cl2N3O6S. The van der Waals surface area contributed by atoms with Gasteiger partial charge < -0.3 is 15.2 Å². The fraction of sp³-hybridized carbons (Fsp3) is 0.115. The normalized spacial score (nSPS) is 11.7. The molecule has 0 aliphatic carbocycles. The van der Waals surface area contributed by atoms with Crippen LogP contribution in [0, 0.1) is 0 Å². The third-order valence-corrected chi connectivity index (χ3v) is 7.24. The Morgan fingerprint density at radius 2 is 1.76 bits per heavy atom. The minimum absolute atomic E-state index is 0.0195. The van der Waals surface area contributed by atoms with Crippen LogP contribution in [0.3, 0.4) is 0 Å². The van der Waals surface area contributed by atoms with Gasteiger partial charge in [0.05, 0.1) is 23.4 Å². The van der Waals surface area contributed by atoms with Gasteiger partial charge in [0.1, 0.15) is 16.3 Å². The Morgan fingerprint density at radius 1 is 1.03 bits per heavy atom. The largest absolute Gasteiger partial charge is 0.505 e. The highest BCUT2D eigenvalue weighted by molar-refractivity contribution is 7.85. The smallest absolute Gasteiger partial charge is 0.294 e. The number of nitrogens with one attached hydrogen (secondary N) is 1. The van der Waals surface area contributed by atoms with E-state index in [9.17, 15) is 22.9 Å². The lowest BCUT2D eigenvalue weighted by Gasteiger charge is -2.12. The molecule has 0 saturated heterocycles. The van der Waals surface area contributed by atoms with Gasteiger partial charge in [-0.3, -0.25) is 9.35 Å². The predicted molar refractivity (Wildman–Crippen MR) is 146 cm³/mol. The molecule has 0 aromatic heterocycles. The molecule has 9 nitrogen and oxygen atoms in total. The summed E-state index contributed by atoms with van der Waals surface area (Å²) >= 11 is 12.4. The number of phenolic OH excluding ortho intramolecular Hbond substituents is 1. The van der Waals surface area contributed by atoms with E-state index >= 15 is 0 Å². The van der Waals surface area contributed by atoms with Gasteiger partial charge in [0, 0.05) is 16.1 Å². The monoisotopic (exact) mass is 573 g/mol. The highest BCUT2D eigenvalue weighted by atomic mass is 35.5. The van der Waals surface area contributed by atoms with E-state index in [4.69, 9.17) is 27.9 Å². The minimum Gasteiger partial charge on any atom is -0.505 e. The zero-order chi connectivity index (χ0) is 27.6. The van der Waals surface area contributed by atoms with E-state index in [-0.39, 0.29) is 38.8 Å². The van der Waals surface area contributed by atoms with Crippen molar-refractivity contribution in [3.63, 3.8) is 0 Å². The van der Waals surface area contributed by atoms with E-state index in [1.54, 1.807) is 43.3 Å². The fourth-order valence-electron chi connectivity index (χ4n) is 3.87. The summed E-state index contributed by atoms with van der Waals surface area (Å²) in [7, 11) is -3.11. The molecule has 196 valence electrons. The number of aromatic hydroxyl groups is 1. The number of hydrogen-bond acceptors (Lipinski definition) is 7. The van der Waals surface area contributed by atoms with Crippen LogP contribution in [0.4, 0.5) is 17.1 Å². The van der Waals surface area contributed by atoms with E-state index in [0.29, 0.717) is 27.2 Å². The Bertz CT molecular complexity index is 1710. The van der Waals surface area contributed by atoms with E-state index in [1.807, 2.05) is 0 Å². The van der Waals surface area contributed by atoms with Crippen LogP contribution in [0.5, 0.6) is 11.5 Å². The molecule has 38 heavy (non-hydrogen) atoms. The van der Waals surface area contributed by atoms with Crippen LogP contribution in [-0.2, 0) is 16.5 Å². The number of carbonyl (C=O) groups excluding carboxylic acids is 1. The van der Waals surface area contributed by atoms with Crippen LogP contribution in [0.2, 0.25) is 10.0 Å². The number of carbonyl (C=O) groups is 1. The summed E-state index contributed by atoms with van der Waals surface area (Å²) in [5.74, 6) is -0.643. The SMILES string of the molecule is CCc1c(Cl)cc(N=Nc2c(O)c(C(=O)Nc3ccc(OC)c(Cl)c3)cc3ccccc23)cc1S(=O)(=O)O. The van der Waals surface area contributed by atoms with Crippen LogP contribution in [0.1, 0.15) is 22.8 Å². The molecule has 12 heteroatoms. The van der Waals surface area contributed by atoms with Gasteiger partial charge in [-0.2, -0.15) is 13.5 Å². The minimum atomic E-state index is -4.58. The van der Waals surface area contributed by atoms with Gasteiger partial charge in [0.15, 0.2) is 5.75 Å². The molecular weight excluding hydrogens is 553 g/mol. The Kier molecular flexibility index (Phi) is 7.89. The number of rotatable bonds is 7. The molecule has 0 atom stereocenters. The molecule has 4 rings (SSSR count). The van der Waals surface area contributed by atoms with Crippen LogP contribution in [-0.4, -0.2) is 31.1 Å². The van der Waals surface area contributed by atoms with Gasteiger partial charge in [-0.15, -0.1) is 5.11 Å². The highest BCUT2D eigenvalue weighted by Gasteiger charge is 2.21. The average molecular weight is 574 g/mol. The number of halogens is 2. The van der Waals surface area contributed by atoms with Gasteiger partial charge in [0.25, 0.3) is 16.0 Å². The van der Waals surface area contributed by atoms with Gasteiger partial charge >= 0.3 is 0 Å². The molecule has 0 unspecified atom stereocenters. The maximum atomic E-state index is 13.1. The van der Waals surface area contributed by atoms with Crippen molar-refractivity contribution in [1.29, 1.82) is 0 Å². The van der Waals surface area contributed by atoms with Crippen molar-refractivity contribution in [3.05, 3.63) is 81.8 Å². The number of nitrogens with zero attached hydrogens (tertiary/aromatic N) is 2. The lowest BCUT2D eigenvalue weighted by molar-refractivity contribution is 0.102. The molecule has 0 saturated carbocycles. The van der Waals surface area contributed by atoms with Crippen LogP contribution < -0.4 is 10.1 Å². The van der Waals surface area contributed by atoms with Gasteiger partial charge in [-0.1, -0.05) is 54.4 Å². The Balaban J connectivity index is 1.79. The summed E-state index contributed by atoms with van der Waals surface area (Å²) in [6.45, 7) is 1.69. The summed E-state index contributed by atoms with van der Waals surface area (Å²) < 4.78 is 38.5. The molecule has 4 aromatic carbocycles. The first-order valence-electron chi connectivity index (χ1n) is 11.1. The molecule has 0 aliphatic rings. The number of methoxy groups -OCH3 is 1. The quantitative estimate of drug-likeness (QED) is 0.156. The molecule has 0 bridgehead atoms. The van der Waals surface area contributed by atoms with Crippen molar-refractivity contribution >= 4 is 67.1 Å². The summed E-state index contributed by atoms with van der Waals surface area (Å²) in [5.41, 5.74) is 0.525. The second-order valence-corrected chi connectivity index (χ2v) is 10.3. The van der Waals surface area contributed by atoms with Crippen molar-refractivity contribution < 1.29 is 27.6 Å². The molecule has 4 aromatic rings. The predicted octanol–water partition coefficient (Wildman–Crippen LogP) is 7.34. The molecule has 0 fully saturated rings. The molecule has 0 aliphatic heterocycles. The number of ether oxygens (including phenoxy) is 1. The number of fused-ring (bicyclic) bond motifs is 1. The third-order valence-electron chi connectivity index (χ3n) is 5.69. The van der Waals surface area contributed by atoms with Crippen molar-refractivity contribution in [2.45, 2.75) is 18.2 Å². The second kappa shape index (κ2) is 11.0. The topological polar surface area (TPSA) is 138 Å². The number of hydrogen-bond donors (Lipinski definition) is 3. The number of phenols is 1. The zero-order valence-electron chi connectivity index (χ0n) is 20.1. The van der Waals surface area contributed by atoms with Crippen LogP contribution in [0.25, 0.3) is 10.8 Å². The first-order valence-corrected chi connectivity index (χ1v) is 13.3. The third kappa shape index (κ3) is 5.58. The Morgan fingerprint density at radius 3 is 2.42 bits per heavy atom. The molecule has 1 amide bonds. The van der Waals surface area contributed by atoms with Crippen LogP contribution in [0.15, 0.2) is 75.8 Å². The highest BCUT2D eigenvalue weighted by Crippen LogP contribution is 2.40. The zero-order valence-corrected chi connectivity index (χ0v) is 22.4. The van der Waals surface area contributed by atoms with Crippen LogP contribution >= 0.6 is 23.2 Å². The second-order valence-electron chi connectivity index (χ2n) is 8.08. The number of azo groups is 1. The van der Waals surface area contributed by atoms with Gasteiger partial charge in [0.2, 0.25) is 0 Å². The number of anilines is 1. The summed E-state index contributed by atoms with van der Waals surface area (Å²) in [6, 6.07) is 15.6. The first kappa shape index (κ1) is 27.3. The Labute approximate surface area is 228 Å². The van der Waals surface area contributed by atoms with E-state index in [2.05, 4.69) is 15.5 Å². The van der Waals surface area contributed by atoms with E-state index < -0.39 is 21.8 Å². The van der Waals surface area contributed by atoms with Crippen molar-refractivity contribution in [2.75, 3.05) is 12.4 Å². The van der Waals surface area contributed by atoms with Crippen molar-refractivity contribution in [1.82, 2.24) is 0 Å². The lowest BCUT2D eigenvalue weighted by atomic mass is 10.0. The van der Waals surface area contributed by atoms with Crippen molar-refractivity contribution in [2.24, 2.45) is 10.2 Å². The summed E-state index contributed by atoms with van der Waals surface area (Å²) in [5, 5.41) is 23.4. The van der Waals surface area contributed by atoms with E-state index in [0.717, 1.165) is 6.07 Å². The average Bonchev–Trinajstić information content (AvgIpc) is 2.87. The number of benzene rings is 4. The van der Waals surface area contributed by atoms with Crippen molar-refractivity contribution in [3.8, 4) is 11.5 Å². The molecule has 3 N–H and O–H groups in total. The molecule has 0 radical (unpaired) electrons. The fourth-order valence-corrected chi connectivity index (χ4v) is 5.37. The summed E-state index contributed by atoms with van der Waals surface area (Å²) in [6.07, 6.45) is 0.257. The summed E-state index contributed by atoms with van der Waals surface area (Å²) in [4.78, 5) is 12.7. The van der Waals surface area contributed by atoms with Gasteiger partial charge in [-0.25, -0.2) is 0 Å². The standard InChI is InChI=1S/C26H21Cl2N3O6S/c1-3-17-20(27)12-16(13-23(17)38(34,35)36)30-31-24-18-7-5-4-6-14(18)10-19(25(24)32)26(33)29-15-8-9-22(37-2)21(28)11-15/h4-13,32H,3H2,1-2H3,(H,29,33)(H,34,35,36). The maximum Gasteiger partial charge on any atom is 0.294 e. The number of amides is 1. The van der Waals surface area contributed by atoms with E-state index in [1.165, 1.54) is 25.3 Å². The lowest BCUT2D eigenvalue weighted by Crippen LogP contribution is -2.12. The Hall–Kier alpha value is -3.70. The molecule has 0 spiro atoms.